The van der Waals surface area contributed by atoms with E-state index >= 15 is 0 Å². The van der Waals surface area contributed by atoms with E-state index in [0.29, 0.717) is 0 Å². The Kier molecular flexibility index (Phi) is 6.50. The Balaban J connectivity index is 3.07. The van der Waals surface area contributed by atoms with Crippen molar-refractivity contribution in [2.75, 3.05) is 26.1 Å². The minimum absolute atomic E-state index is 0.00154. The molecule has 0 saturated carbocycles. The second-order valence-electron chi connectivity index (χ2n) is 4.06. The van der Waals surface area contributed by atoms with Crippen molar-refractivity contribution in [1.29, 1.82) is 0 Å². The highest BCUT2D eigenvalue weighted by atomic mass is 35.5. The van der Waals surface area contributed by atoms with Crippen molar-refractivity contribution in [3.05, 3.63) is 22.2 Å². The van der Waals surface area contributed by atoms with E-state index in [4.69, 9.17) is 38.8 Å². The van der Waals surface area contributed by atoms with Crippen molar-refractivity contribution in [2.45, 2.75) is 17.4 Å². The first-order valence-corrected chi connectivity index (χ1v) is 7.93. The van der Waals surface area contributed by atoms with Crippen LogP contribution in [0.15, 0.2) is 17.0 Å². The number of rotatable bonds is 7. The van der Waals surface area contributed by atoms with Crippen LogP contribution in [0.5, 0.6) is 0 Å². The zero-order valence-electron chi connectivity index (χ0n) is 10.8. The number of nitrogens with one attached hydrogen (secondary N) is 1. The Labute approximate surface area is 127 Å². The van der Waals surface area contributed by atoms with Gasteiger partial charge in [-0.15, -0.1) is 0 Å². The topological polar surface area (TPSA) is 102 Å². The van der Waals surface area contributed by atoms with Gasteiger partial charge in [-0.2, -0.15) is 0 Å². The first kappa shape index (κ1) is 17.5. The largest absolute Gasteiger partial charge is 0.396 e. The van der Waals surface area contributed by atoms with Crippen LogP contribution in [0.1, 0.15) is 6.42 Å². The monoisotopic (exact) mass is 342 g/mol. The molecule has 1 unspecified atom stereocenters. The molecular formula is C11H16Cl2N2O4S. The molecule has 0 aliphatic carbocycles. The predicted octanol–water partition coefficient (Wildman–Crippen LogP) is 1.25. The number of ether oxygens (including phenoxy) is 1. The van der Waals surface area contributed by atoms with E-state index in [1.165, 1.54) is 19.2 Å². The lowest BCUT2D eigenvalue weighted by Crippen LogP contribution is -2.38. The van der Waals surface area contributed by atoms with Gasteiger partial charge >= 0.3 is 0 Å². The summed E-state index contributed by atoms with van der Waals surface area (Å²) in [4.78, 5) is -0.167. The first-order valence-electron chi connectivity index (χ1n) is 5.69. The van der Waals surface area contributed by atoms with E-state index < -0.39 is 16.1 Å². The van der Waals surface area contributed by atoms with E-state index in [9.17, 15) is 8.42 Å². The fraction of sp³-hybridized carbons (Fsp3) is 0.455. The van der Waals surface area contributed by atoms with Crippen LogP contribution in [0.2, 0.25) is 10.0 Å². The maximum Gasteiger partial charge on any atom is 0.242 e. The van der Waals surface area contributed by atoms with Crippen molar-refractivity contribution in [3.63, 3.8) is 0 Å². The molecule has 0 fully saturated rings. The molecule has 0 radical (unpaired) electrons. The summed E-state index contributed by atoms with van der Waals surface area (Å²) in [6.45, 7) is -0.0481. The molecule has 0 aliphatic rings. The minimum atomic E-state index is -3.89. The maximum absolute atomic E-state index is 12.2. The van der Waals surface area contributed by atoms with E-state index in [1.807, 2.05) is 0 Å². The molecular weight excluding hydrogens is 327 g/mol. The van der Waals surface area contributed by atoms with Crippen LogP contribution < -0.4 is 10.5 Å². The molecule has 0 amide bonds. The molecule has 0 spiro atoms. The molecule has 1 aromatic carbocycles. The smallest absolute Gasteiger partial charge is 0.242 e. The Hall–Kier alpha value is -0.570. The molecule has 0 saturated heterocycles. The standard InChI is InChI=1S/C11H16Cl2N2O4S/c1-19-6-7(4-5-16)15-20(17,18)9-3-2-8(12)11(14)10(9)13/h2-3,7,15-16H,4-6,14H2,1H3. The average molecular weight is 343 g/mol. The molecule has 0 aliphatic heterocycles. The first-order chi connectivity index (χ1) is 9.33. The van der Waals surface area contributed by atoms with Crippen LogP contribution >= 0.6 is 23.2 Å². The average Bonchev–Trinajstić information content (AvgIpc) is 2.36. The summed E-state index contributed by atoms with van der Waals surface area (Å²) in [5.74, 6) is 0. The molecule has 0 bridgehead atoms. The number of nitrogens with two attached hydrogens (primary N) is 1. The van der Waals surface area contributed by atoms with Crippen LogP contribution in [-0.2, 0) is 14.8 Å². The third-order valence-electron chi connectivity index (χ3n) is 2.55. The quantitative estimate of drug-likeness (QED) is 0.647. The number of sulfonamides is 1. The van der Waals surface area contributed by atoms with Gasteiger partial charge in [0.15, 0.2) is 0 Å². The summed E-state index contributed by atoms with van der Waals surface area (Å²) in [5, 5.41) is 8.96. The van der Waals surface area contributed by atoms with E-state index in [-0.39, 0.29) is 40.3 Å². The lowest BCUT2D eigenvalue weighted by molar-refractivity contribution is 0.158. The van der Waals surface area contributed by atoms with Crippen molar-refractivity contribution >= 4 is 38.9 Å². The molecule has 0 heterocycles. The Morgan fingerprint density at radius 1 is 1.45 bits per heavy atom. The number of hydrogen-bond donors (Lipinski definition) is 3. The highest BCUT2D eigenvalue weighted by molar-refractivity contribution is 7.89. The van der Waals surface area contributed by atoms with Crippen LogP contribution in [0, 0.1) is 0 Å². The van der Waals surface area contributed by atoms with Crippen LogP contribution in [0.4, 0.5) is 5.69 Å². The van der Waals surface area contributed by atoms with Gasteiger partial charge in [0.1, 0.15) is 4.90 Å². The molecule has 1 rings (SSSR count). The second-order valence-corrected chi connectivity index (χ2v) is 6.53. The van der Waals surface area contributed by atoms with Gasteiger partial charge in [-0.05, 0) is 18.6 Å². The highest BCUT2D eigenvalue weighted by Gasteiger charge is 2.24. The van der Waals surface area contributed by atoms with Gasteiger partial charge in [-0.25, -0.2) is 13.1 Å². The fourth-order valence-electron chi connectivity index (χ4n) is 1.57. The van der Waals surface area contributed by atoms with Crippen molar-refractivity contribution in [2.24, 2.45) is 0 Å². The second kappa shape index (κ2) is 7.44. The summed E-state index contributed by atoms with van der Waals surface area (Å²) in [7, 11) is -2.45. The molecule has 6 nitrogen and oxygen atoms in total. The third-order valence-corrected chi connectivity index (χ3v) is 4.96. The molecule has 114 valence electrons. The number of methoxy groups -OCH3 is 1. The summed E-state index contributed by atoms with van der Waals surface area (Å²) >= 11 is 11.7. The summed E-state index contributed by atoms with van der Waals surface area (Å²) < 4.78 is 31.8. The predicted molar refractivity (Wildman–Crippen MR) is 78.6 cm³/mol. The number of benzene rings is 1. The van der Waals surface area contributed by atoms with Gasteiger partial charge in [0, 0.05) is 19.8 Å². The van der Waals surface area contributed by atoms with E-state index in [2.05, 4.69) is 4.72 Å². The number of aliphatic hydroxyl groups excluding tert-OH is 1. The summed E-state index contributed by atoms with van der Waals surface area (Å²) in [5.41, 5.74) is 5.61. The third kappa shape index (κ3) is 4.21. The lowest BCUT2D eigenvalue weighted by Gasteiger charge is -2.18. The number of halogens is 2. The summed E-state index contributed by atoms with van der Waals surface area (Å²) in [6, 6.07) is 2.06. The Bertz CT molecular complexity index is 560. The fourth-order valence-corrected chi connectivity index (χ4v) is 3.59. The minimum Gasteiger partial charge on any atom is -0.396 e. The van der Waals surface area contributed by atoms with Crippen LogP contribution in [0.25, 0.3) is 0 Å². The van der Waals surface area contributed by atoms with Crippen molar-refractivity contribution in [3.8, 4) is 0 Å². The Morgan fingerprint density at radius 3 is 2.65 bits per heavy atom. The molecule has 1 atom stereocenters. The van der Waals surface area contributed by atoms with Gasteiger partial charge in [0.2, 0.25) is 10.0 Å². The van der Waals surface area contributed by atoms with Gasteiger partial charge in [-0.3, -0.25) is 0 Å². The number of nitrogen functional groups attached to an aromatic ring is 1. The molecule has 9 heteroatoms. The number of aliphatic hydroxyl groups is 1. The Morgan fingerprint density at radius 2 is 2.10 bits per heavy atom. The normalized spacial score (nSPS) is 13.4. The highest BCUT2D eigenvalue weighted by Crippen LogP contribution is 2.33. The van der Waals surface area contributed by atoms with Gasteiger partial charge in [-0.1, -0.05) is 23.2 Å². The van der Waals surface area contributed by atoms with Gasteiger partial charge in [0.25, 0.3) is 0 Å². The zero-order valence-corrected chi connectivity index (χ0v) is 13.1. The number of anilines is 1. The SMILES string of the molecule is COCC(CCO)NS(=O)(=O)c1ccc(Cl)c(N)c1Cl. The maximum atomic E-state index is 12.2. The van der Waals surface area contributed by atoms with Crippen LogP contribution in [-0.4, -0.2) is 39.9 Å². The number of hydrogen-bond acceptors (Lipinski definition) is 5. The van der Waals surface area contributed by atoms with Gasteiger partial charge < -0.3 is 15.6 Å². The van der Waals surface area contributed by atoms with E-state index in [1.54, 1.807) is 0 Å². The summed E-state index contributed by atoms with van der Waals surface area (Å²) in [6.07, 6.45) is 0.216. The lowest BCUT2D eigenvalue weighted by atomic mass is 10.2. The van der Waals surface area contributed by atoms with Crippen LogP contribution in [0.3, 0.4) is 0 Å². The van der Waals surface area contributed by atoms with Crippen molar-refractivity contribution in [1.82, 2.24) is 4.72 Å². The molecule has 0 aromatic heterocycles. The molecule has 1 aromatic rings. The van der Waals surface area contributed by atoms with E-state index in [0.717, 1.165) is 0 Å². The van der Waals surface area contributed by atoms with Gasteiger partial charge in [0.05, 0.1) is 22.3 Å². The molecule has 20 heavy (non-hydrogen) atoms. The zero-order chi connectivity index (χ0) is 15.3. The van der Waals surface area contributed by atoms with Crippen molar-refractivity contribution < 1.29 is 18.3 Å². The molecule has 4 N–H and O–H groups in total.